The molecule has 0 bridgehead atoms. The molecule has 2 rings (SSSR count). The van der Waals surface area contributed by atoms with Gasteiger partial charge in [0.2, 0.25) is 0 Å². The smallest absolute Gasteiger partial charge is 0.263 e. The fourth-order valence-electron chi connectivity index (χ4n) is 3.06. The van der Waals surface area contributed by atoms with E-state index in [4.69, 9.17) is 0 Å². The number of hydrogen-bond donors (Lipinski definition) is 2. The Hall–Kier alpha value is -2.85. The Bertz CT molecular complexity index is 778. The Morgan fingerprint density at radius 2 is 2.19 bits per heavy atom. The number of likely N-dealkylation sites (N-methyl/N-ethyl adjacent to an activating group) is 1. The SMILES string of the molecule is C\C=C/C=N\C(=C\CCC)NC(=O)C1=C(O)C2=C(CCC2)N(C)C1=C=O. The van der Waals surface area contributed by atoms with Crippen molar-refractivity contribution in [3.05, 3.63) is 52.3 Å². The summed E-state index contributed by atoms with van der Waals surface area (Å²) in [6.07, 6.45) is 11.0. The third kappa shape index (κ3) is 4.03. The zero-order valence-corrected chi connectivity index (χ0v) is 15.5. The van der Waals surface area contributed by atoms with E-state index in [2.05, 4.69) is 10.3 Å². The molecule has 1 aliphatic carbocycles. The van der Waals surface area contributed by atoms with Gasteiger partial charge < -0.3 is 15.3 Å². The zero-order chi connectivity index (χ0) is 19.1. The van der Waals surface area contributed by atoms with Crippen LogP contribution in [0.5, 0.6) is 0 Å². The number of carbonyl (C=O) groups is 1. The highest BCUT2D eigenvalue weighted by Crippen LogP contribution is 2.40. The first-order chi connectivity index (χ1) is 12.5. The third-order valence-electron chi connectivity index (χ3n) is 4.37. The Morgan fingerprint density at radius 3 is 2.85 bits per heavy atom. The minimum atomic E-state index is -0.564. The lowest BCUT2D eigenvalue weighted by Crippen LogP contribution is -2.33. The number of hydrogen-bond acceptors (Lipinski definition) is 5. The van der Waals surface area contributed by atoms with Crippen LogP contribution in [0.25, 0.3) is 0 Å². The van der Waals surface area contributed by atoms with Gasteiger partial charge in [-0.2, -0.15) is 0 Å². The fraction of sp³-hybridized carbons (Fsp3) is 0.400. The van der Waals surface area contributed by atoms with Gasteiger partial charge in [0.05, 0.1) is 0 Å². The van der Waals surface area contributed by atoms with Crippen LogP contribution < -0.4 is 5.32 Å². The molecule has 26 heavy (non-hydrogen) atoms. The minimum Gasteiger partial charge on any atom is -0.507 e. The van der Waals surface area contributed by atoms with E-state index in [0.717, 1.165) is 37.0 Å². The molecule has 2 N–H and O–H groups in total. The van der Waals surface area contributed by atoms with Crippen LogP contribution in [-0.2, 0) is 9.59 Å². The van der Waals surface area contributed by atoms with Gasteiger partial charge in [0.1, 0.15) is 22.9 Å². The van der Waals surface area contributed by atoms with Crippen molar-refractivity contribution >= 4 is 18.1 Å². The number of allylic oxidation sites excluding steroid dienone is 5. The van der Waals surface area contributed by atoms with E-state index in [1.807, 2.05) is 31.9 Å². The van der Waals surface area contributed by atoms with Crippen molar-refractivity contribution < 1.29 is 14.7 Å². The third-order valence-corrected chi connectivity index (χ3v) is 4.37. The lowest BCUT2D eigenvalue weighted by molar-refractivity contribution is -0.116. The Kier molecular flexibility index (Phi) is 6.75. The maximum atomic E-state index is 12.8. The van der Waals surface area contributed by atoms with Crippen LogP contribution in [0, 0.1) is 0 Å². The summed E-state index contributed by atoms with van der Waals surface area (Å²) in [5.74, 6) is 1.50. The van der Waals surface area contributed by atoms with Gasteiger partial charge in [0, 0.05) is 24.5 Å². The second kappa shape index (κ2) is 9.02. The van der Waals surface area contributed by atoms with E-state index in [1.54, 1.807) is 24.2 Å². The summed E-state index contributed by atoms with van der Waals surface area (Å²) < 4.78 is 0. The Labute approximate surface area is 154 Å². The Morgan fingerprint density at radius 1 is 1.42 bits per heavy atom. The van der Waals surface area contributed by atoms with E-state index in [-0.39, 0.29) is 17.0 Å². The summed E-state index contributed by atoms with van der Waals surface area (Å²) in [5.41, 5.74) is 1.61. The summed E-state index contributed by atoms with van der Waals surface area (Å²) in [6.45, 7) is 3.90. The molecule has 0 unspecified atom stereocenters. The molecule has 0 atom stereocenters. The van der Waals surface area contributed by atoms with Crippen molar-refractivity contribution in [3.8, 4) is 0 Å². The highest BCUT2D eigenvalue weighted by molar-refractivity contribution is 6.02. The van der Waals surface area contributed by atoms with Gasteiger partial charge in [0.15, 0.2) is 5.94 Å². The van der Waals surface area contributed by atoms with E-state index >= 15 is 0 Å². The van der Waals surface area contributed by atoms with E-state index in [1.165, 1.54) is 0 Å². The van der Waals surface area contributed by atoms with Crippen LogP contribution in [0.1, 0.15) is 46.0 Å². The average molecular weight is 355 g/mol. The van der Waals surface area contributed by atoms with Crippen molar-refractivity contribution in [1.82, 2.24) is 10.2 Å². The van der Waals surface area contributed by atoms with E-state index in [9.17, 15) is 14.7 Å². The number of rotatable bonds is 6. The first-order valence-corrected chi connectivity index (χ1v) is 8.86. The number of nitrogens with one attached hydrogen (secondary N) is 1. The number of aliphatic hydroxyl groups excluding tert-OH is 1. The summed E-state index contributed by atoms with van der Waals surface area (Å²) in [6, 6.07) is 0. The predicted octanol–water partition coefficient (Wildman–Crippen LogP) is 3.30. The first kappa shape index (κ1) is 19.5. The summed E-state index contributed by atoms with van der Waals surface area (Å²) >= 11 is 0. The number of unbranched alkanes of at least 4 members (excludes halogenated alkanes) is 1. The molecule has 1 aliphatic heterocycles. The van der Waals surface area contributed by atoms with Crippen molar-refractivity contribution in [2.45, 2.75) is 46.0 Å². The van der Waals surface area contributed by atoms with E-state index in [0.29, 0.717) is 12.2 Å². The van der Waals surface area contributed by atoms with Crippen LogP contribution in [0.3, 0.4) is 0 Å². The van der Waals surface area contributed by atoms with Crippen LogP contribution >= 0.6 is 0 Å². The van der Waals surface area contributed by atoms with Crippen LogP contribution in [0.4, 0.5) is 0 Å². The second-order valence-electron chi connectivity index (χ2n) is 6.15. The highest BCUT2D eigenvalue weighted by atomic mass is 16.3. The fourth-order valence-corrected chi connectivity index (χ4v) is 3.06. The normalized spacial score (nSPS) is 18.2. The molecule has 2 aliphatic rings. The molecule has 0 aromatic rings. The van der Waals surface area contributed by atoms with Gasteiger partial charge in [0.25, 0.3) is 5.91 Å². The molecule has 0 aromatic carbocycles. The first-order valence-electron chi connectivity index (χ1n) is 8.86. The lowest BCUT2D eigenvalue weighted by atomic mass is 9.99. The summed E-state index contributed by atoms with van der Waals surface area (Å²) in [7, 11) is 1.72. The molecule has 6 nitrogen and oxygen atoms in total. The second-order valence-corrected chi connectivity index (χ2v) is 6.15. The Balaban J connectivity index is 2.36. The molecule has 0 aromatic heterocycles. The number of aliphatic imine (C=N–C) groups is 1. The van der Waals surface area contributed by atoms with Gasteiger partial charge in [-0.25, -0.2) is 9.79 Å². The predicted molar refractivity (Wildman–Crippen MR) is 102 cm³/mol. The molecular weight excluding hydrogens is 330 g/mol. The van der Waals surface area contributed by atoms with Crippen LogP contribution in [0.2, 0.25) is 0 Å². The van der Waals surface area contributed by atoms with Crippen molar-refractivity contribution in [2.75, 3.05) is 7.05 Å². The van der Waals surface area contributed by atoms with Crippen LogP contribution in [0.15, 0.2) is 57.3 Å². The molecule has 0 saturated heterocycles. The van der Waals surface area contributed by atoms with Gasteiger partial charge >= 0.3 is 0 Å². The quantitative estimate of drug-likeness (QED) is 0.566. The number of carbonyl (C=O) groups excluding carboxylic acids is 2. The van der Waals surface area contributed by atoms with Crippen molar-refractivity contribution in [1.29, 1.82) is 0 Å². The van der Waals surface area contributed by atoms with E-state index < -0.39 is 5.91 Å². The monoisotopic (exact) mass is 355 g/mol. The zero-order valence-electron chi connectivity index (χ0n) is 15.5. The number of nitrogens with zero attached hydrogens (tertiary/aromatic N) is 2. The molecule has 0 spiro atoms. The molecule has 1 heterocycles. The number of aliphatic hydroxyl groups is 1. The van der Waals surface area contributed by atoms with Crippen molar-refractivity contribution in [2.24, 2.45) is 4.99 Å². The topological polar surface area (TPSA) is 82.0 Å². The molecule has 0 radical (unpaired) electrons. The van der Waals surface area contributed by atoms with Crippen LogP contribution in [-0.4, -0.2) is 35.1 Å². The summed E-state index contributed by atoms with van der Waals surface area (Å²) in [4.78, 5) is 30.2. The standard InChI is InChI=1S/C20H25N3O3/c1-4-6-11-17(21-12-7-5-2)22-20(26)18-16(13-24)23(3)15-10-8-9-14(15)19(18)25/h5,7,11-12,25H,4,6,8-10H2,1-3H3,(H,22,26)/b7-5-,17-11-,21-12-. The maximum absolute atomic E-state index is 12.8. The maximum Gasteiger partial charge on any atom is 0.263 e. The lowest BCUT2D eigenvalue weighted by Gasteiger charge is -2.29. The minimum absolute atomic E-state index is 0.0490. The molecule has 1 amide bonds. The number of amides is 1. The average Bonchev–Trinajstić information content (AvgIpc) is 3.12. The van der Waals surface area contributed by atoms with Gasteiger partial charge in [-0.05, 0) is 44.8 Å². The van der Waals surface area contributed by atoms with Gasteiger partial charge in [-0.1, -0.05) is 19.4 Å². The molecule has 0 saturated carbocycles. The largest absolute Gasteiger partial charge is 0.507 e. The summed E-state index contributed by atoms with van der Waals surface area (Å²) in [5, 5.41) is 13.3. The molecule has 6 heteroatoms. The molecule has 0 fully saturated rings. The molecule has 138 valence electrons. The molecular formula is C20H25N3O3. The van der Waals surface area contributed by atoms with Gasteiger partial charge in [-0.15, -0.1) is 0 Å². The highest BCUT2D eigenvalue weighted by Gasteiger charge is 2.35. The van der Waals surface area contributed by atoms with Crippen molar-refractivity contribution in [3.63, 3.8) is 0 Å². The van der Waals surface area contributed by atoms with Gasteiger partial charge in [-0.3, -0.25) is 4.79 Å².